The molecule has 1 saturated heterocycles. The summed E-state index contributed by atoms with van der Waals surface area (Å²) in [5, 5.41) is 20.3. The second kappa shape index (κ2) is 12.4. The van der Waals surface area contributed by atoms with Gasteiger partial charge in [-0.15, -0.1) is 11.8 Å². The van der Waals surface area contributed by atoms with Gasteiger partial charge in [0, 0.05) is 18.0 Å². The zero-order valence-electron chi connectivity index (χ0n) is 21.3. The van der Waals surface area contributed by atoms with Crippen LogP contribution in [0.5, 0.6) is 11.5 Å². The molecule has 2 aromatic carbocycles. The minimum Gasteiger partial charge on any atom is -0.497 e. The van der Waals surface area contributed by atoms with Gasteiger partial charge >= 0.3 is 0 Å². The third-order valence-electron chi connectivity index (χ3n) is 6.63. The van der Waals surface area contributed by atoms with Crippen LogP contribution in [0.1, 0.15) is 67.0 Å². The average Bonchev–Trinajstić information content (AvgIpc) is 3.44. The number of thioether (sulfide) groups is 1. The molecule has 3 aromatic rings. The lowest BCUT2D eigenvalue weighted by molar-refractivity contribution is -0.00818. The quantitative estimate of drug-likeness (QED) is 0.349. The molecule has 36 heavy (non-hydrogen) atoms. The Morgan fingerprint density at radius 2 is 1.39 bits per heavy atom. The molecule has 0 bridgehead atoms. The van der Waals surface area contributed by atoms with Gasteiger partial charge in [0.1, 0.15) is 22.9 Å². The predicted octanol–water partition coefficient (Wildman–Crippen LogP) is 6.41. The van der Waals surface area contributed by atoms with Crippen LogP contribution < -0.4 is 9.47 Å². The molecule has 0 spiro atoms. The third-order valence-corrected chi connectivity index (χ3v) is 9.30. The lowest BCUT2D eigenvalue weighted by Gasteiger charge is -2.39. The number of piperidine rings is 1. The molecule has 0 radical (unpaired) electrons. The smallest absolute Gasteiger partial charge is 0.123 e. The van der Waals surface area contributed by atoms with E-state index in [1.54, 1.807) is 26.0 Å². The molecule has 1 fully saturated rings. The lowest BCUT2D eigenvalue weighted by atomic mass is 9.85. The molecular formula is C27H35N3O4S2. The molecule has 2 unspecified atom stereocenters. The Bertz CT molecular complexity index is 1080. The maximum absolute atomic E-state index is 11.2. The zero-order valence-corrected chi connectivity index (χ0v) is 23.0. The fourth-order valence-electron chi connectivity index (χ4n) is 4.59. The topological polar surface area (TPSA) is 80.9 Å². The van der Waals surface area contributed by atoms with E-state index in [0.717, 1.165) is 54.4 Å². The van der Waals surface area contributed by atoms with Crippen molar-refractivity contribution in [3.63, 3.8) is 0 Å². The summed E-state index contributed by atoms with van der Waals surface area (Å²) in [4.78, 5) is 1.18. The number of methoxy groups -OCH3 is 2. The third kappa shape index (κ3) is 6.02. The predicted molar refractivity (Wildman–Crippen MR) is 145 cm³/mol. The van der Waals surface area contributed by atoms with Crippen molar-refractivity contribution in [1.82, 2.24) is 14.6 Å². The maximum atomic E-state index is 11.2. The van der Waals surface area contributed by atoms with Gasteiger partial charge in [0.2, 0.25) is 0 Å². The highest BCUT2D eigenvalue weighted by atomic mass is 32.2. The Morgan fingerprint density at radius 1 is 0.861 bits per heavy atom. The Kier molecular flexibility index (Phi) is 9.22. The summed E-state index contributed by atoms with van der Waals surface area (Å²) in [5.41, 5.74) is 2.07. The molecule has 0 saturated carbocycles. The van der Waals surface area contributed by atoms with Crippen LogP contribution in [0.2, 0.25) is 0 Å². The molecule has 1 aromatic heterocycles. The van der Waals surface area contributed by atoms with Crippen molar-refractivity contribution in [3.05, 3.63) is 65.5 Å². The molecule has 1 aliphatic heterocycles. The summed E-state index contributed by atoms with van der Waals surface area (Å²) < 4.78 is 18.1. The van der Waals surface area contributed by atoms with Crippen LogP contribution in [0, 0.1) is 0 Å². The van der Waals surface area contributed by atoms with Crippen LogP contribution in [-0.4, -0.2) is 47.0 Å². The standard InChI is InChI=1S/C25H29N3O4S2.C2H6/c1-30-18-5-3-17(4-6-18)25(29)13-15-28(16-14-25)34-22-12-11-21(23-24(22)27-32-26-23)33-20-9-7-19(31-2)8-10-20;1-2/h3-10,21-22,29H,11-16H2,1-2H3;1-2H3. The second-order valence-electron chi connectivity index (χ2n) is 8.68. The number of fused-ring (bicyclic) bond motifs is 1. The average molecular weight is 530 g/mol. The molecule has 1 aliphatic carbocycles. The van der Waals surface area contributed by atoms with E-state index in [2.05, 4.69) is 26.8 Å². The van der Waals surface area contributed by atoms with Crippen molar-refractivity contribution in [1.29, 1.82) is 0 Å². The first-order valence-corrected chi connectivity index (χ1v) is 14.2. The summed E-state index contributed by atoms with van der Waals surface area (Å²) in [6, 6.07) is 15.9. The van der Waals surface area contributed by atoms with E-state index in [-0.39, 0.29) is 10.5 Å². The van der Waals surface area contributed by atoms with Crippen molar-refractivity contribution < 1.29 is 19.2 Å². The Labute approximate surface area is 222 Å². The number of aromatic nitrogens is 2. The lowest BCUT2D eigenvalue weighted by Crippen LogP contribution is -2.40. The van der Waals surface area contributed by atoms with Gasteiger partial charge in [-0.25, -0.2) is 8.93 Å². The molecule has 5 rings (SSSR count). The van der Waals surface area contributed by atoms with Gasteiger partial charge in [0.15, 0.2) is 0 Å². The van der Waals surface area contributed by atoms with E-state index in [0.29, 0.717) is 12.8 Å². The van der Waals surface area contributed by atoms with Crippen LogP contribution >= 0.6 is 23.7 Å². The van der Waals surface area contributed by atoms with Crippen molar-refractivity contribution in [2.75, 3.05) is 27.3 Å². The van der Waals surface area contributed by atoms with E-state index < -0.39 is 5.60 Å². The minimum absolute atomic E-state index is 0.223. The molecule has 194 valence electrons. The maximum Gasteiger partial charge on any atom is 0.123 e. The number of aliphatic hydroxyl groups is 1. The van der Waals surface area contributed by atoms with E-state index in [9.17, 15) is 5.11 Å². The van der Waals surface area contributed by atoms with Crippen molar-refractivity contribution >= 4 is 23.7 Å². The molecule has 7 nitrogen and oxygen atoms in total. The first-order chi connectivity index (χ1) is 17.6. The van der Waals surface area contributed by atoms with Crippen LogP contribution in [0.15, 0.2) is 58.1 Å². The second-order valence-corrected chi connectivity index (χ2v) is 11.2. The summed E-state index contributed by atoms with van der Waals surface area (Å²) >= 11 is 3.61. The number of hydrogen-bond acceptors (Lipinski definition) is 9. The molecule has 2 aliphatic rings. The minimum atomic E-state index is -0.795. The van der Waals surface area contributed by atoms with Gasteiger partial charge in [-0.05, 0) is 67.6 Å². The van der Waals surface area contributed by atoms with Gasteiger partial charge in [-0.2, -0.15) is 0 Å². The molecule has 9 heteroatoms. The Hall–Kier alpha value is -2.20. The van der Waals surface area contributed by atoms with Crippen LogP contribution in [0.4, 0.5) is 0 Å². The highest BCUT2D eigenvalue weighted by Crippen LogP contribution is 2.50. The number of ether oxygens (including phenoxy) is 2. The first-order valence-electron chi connectivity index (χ1n) is 12.5. The van der Waals surface area contributed by atoms with E-state index in [1.807, 2.05) is 62.2 Å². The SMILES string of the molecule is CC.COc1ccc(SC2CCC(SN3CCC(O)(c4ccc(OC)cc4)CC3)c3nonc32)cc1. The Morgan fingerprint density at radius 3 is 1.97 bits per heavy atom. The monoisotopic (exact) mass is 529 g/mol. The number of rotatable bonds is 7. The zero-order chi connectivity index (χ0) is 25.5. The van der Waals surface area contributed by atoms with Crippen LogP contribution in [0.3, 0.4) is 0 Å². The largest absolute Gasteiger partial charge is 0.497 e. The summed E-state index contributed by atoms with van der Waals surface area (Å²) in [6.07, 6.45) is 3.41. The summed E-state index contributed by atoms with van der Waals surface area (Å²) in [5.74, 6) is 1.66. The summed E-state index contributed by atoms with van der Waals surface area (Å²) in [6.45, 7) is 5.63. The van der Waals surface area contributed by atoms with Crippen LogP contribution in [-0.2, 0) is 5.60 Å². The molecule has 2 atom stereocenters. The first kappa shape index (κ1) is 26.9. The highest BCUT2D eigenvalue weighted by molar-refractivity contribution is 7.99. The van der Waals surface area contributed by atoms with E-state index in [4.69, 9.17) is 14.1 Å². The van der Waals surface area contributed by atoms with E-state index in [1.165, 1.54) is 4.90 Å². The number of benzene rings is 2. The van der Waals surface area contributed by atoms with Gasteiger partial charge in [0.05, 0.1) is 30.3 Å². The molecule has 0 amide bonds. The van der Waals surface area contributed by atoms with Gasteiger partial charge in [-0.3, -0.25) is 0 Å². The number of nitrogens with zero attached hydrogens (tertiary/aromatic N) is 3. The van der Waals surface area contributed by atoms with Crippen molar-refractivity contribution in [2.24, 2.45) is 0 Å². The van der Waals surface area contributed by atoms with Gasteiger partial charge in [-0.1, -0.05) is 48.2 Å². The van der Waals surface area contributed by atoms with Gasteiger partial charge < -0.3 is 14.6 Å². The normalized spacial score (nSPS) is 21.1. The van der Waals surface area contributed by atoms with Crippen molar-refractivity contribution in [3.8, 4) is 11.5 Å². The fourth-order valence-corrected chi connectivity index (χ4v) is 7.00. The van der Waals surface area contributed by atoms with Crippen LogP contribution in [0.25, 0.3) is 0 Å². The molecule has 2 heterocycles. The van der Waals surface area contributed by atoms with E-state index >= 15 is 0 Å². The number of hydrogen-bond donors (Lipinski definition) is 1. The van der Waals surface area contributed by atoms with Crippen molar-refractivity contribution in [2.45, 2.75) is 60.5 Å². The van der Waals surface area contributed by atoms with Gasteiger partial charge in [0.25, 0.3) is 0 Å². The Balaban J connectivity index is 0.00000148. The summed E-state index contributed by atoms with van der Waals surface area (Å²) in [7, 11) is 3.33. The fraction of sp³-hybridized carbons (Fsp3) is 0.481. The highest BCUT2D eigenvalue weighted by Gasteiger charge is 2.38. The molecule has 1 N–H and O–H groups in total. The molecular weight excluding hydrogens is 494 g/mol.